The molecule has 68 valence electrons. The van der Waals surface area contributed by atoms with Crippen LogP contribution in [0.2, 0.25) is 0 Å². The molecule has 0 amide bonds. The van der Waals surface area contributed by atoms with Gasteiger partial charge in [0.2, 0.25) is 0 Å². The first kappa shape index (κ1) is 8.17. The maximum atomic E-state index is 5.53. The molecule has 0 spiro atoms. The Morgan fingerprint density at radius 3 is 2.85 bits per heavy atom. The van der Waals surface area contributed by atoms with Crippen LogP contribution >= 0.6 is 0 Å². The minimum absolute atomic E-state index is 0.201. The molecule has 0 aliphatic rings. The first-order valence-electron chi connectivity index (χ1n) is 4.39. The molecule has 1 aromatic carbocycles. The fraction of sp³-hybridized carbons (Fsp3) is 0.273. The maximum absolute atomic E-state index is 5.53. The van der Waals surface area contributed by atoms with Crippen LogP contribution in [0.5, 0.6) is 5.75 Å². The Balaban J connectivity index is 2.37. The summed E-state index contributed by atoms with van der Waals surface area (Å²) in [5.41, 5.74) is 0.873. The minimum Gasteiger partial charge on any atom is -0.491 e. The molecule has 0 atom stereocenters. The normalized spacial score (nSPS) is 11.0. The Kier molecular flexibility index (Phi) is 1.97. The van der Waals surface area contributed by atoms with E-state index >= 15 is 0 Å². The zero-order valence-electron chi connectivity index (χ0n) is 7.78. The molecular weight excluding hydrogens is 164 g/mol. The summed E-state index contributed by atoms with van der Waals surface area (Å²) in [6.45, 7) is 4.01. The van der Waals surface area contributed by atoms with Crippen molar-refractivity contribution >= 4 is 11.0 Å². The van der Waals surface area contributed by atoms with E-state index in [4.69, 9.17) is 9.15 Å². The van der Waals surface area contributed by atoms with Gasteiger partial charge in [-0.15, -0.1) is 0 Å². The van der Waals surface area contributed by atoms with Crippen LogP contribution in [0.15, 0.2) is 34.9 Å². The van der Waals surface area contributed by atoms with Gasteiger partial charge in [-0.2, -0.15) is 0 Å². The van der Waals surface area contributed by atoms with Crippen LogP contribution in [0.3, 0.4) is 0 Å². The van der Waals surface area contributed by atoms with Crippen molar-refractivity contribution in [3.8, 4) is 5.75 Å². The van der Waals surface area contributed by atoms with Crippen LogP contribution in [-0.2, 0) is 0 Å². The number of benzene rings is 1. The molecule has 0 unspecified atom stereocenters. The van der Waals surface area contributed by atoms with Crippen molar-refractivity contribution in [2.24, 2.45) is 0 Å². The van der Waals surface area contributed by atoms with Gasteiger partial charge in [-0.3, -0.25) is 0 Å². The molecule has 0 bridgehead atoms. The SMILES string of the molecule is CC(C)Oc1ccc2ccoc2c1. The maximum Gasteiger partial charge on any atom is 0.137 e. The molecule has 0 fully saturated rings. The average Bonchev–Trinajstić information content (AvgIpc) is 2.49. The second kappa shape index (κ2) is 3.13. The van der Waals surface area contributed by atoms with E-state index in [9.17, 15) is 0 Å². The fourth-order valence-corrected chi connectivity index (χ4v) is 1.28. The molecule has 0 saturated carbocycles. The Hall–Kier alpha value is -1.44. The molecule has 0 aliphatic carbocycles. The van der Waals surface area contributed by atoms with Crippen LogP contribution in [0.1, 0.15) is 13.8 Å². The highest BCUT2D eigenvalue weighted by Crippen LogP contribution is 2.22. The predicted octanol–water partition coefficient (Wildman–Crippen LogP) is 3.22. The van der Waals surface area contributed by atoms with E-state index in [1.54, 1.807) is 6.26 Å². The fourth-order valence-electron chi connectivity index (χ4n) is 1.28. The summed E-state index contributed by atoms with van der Waals surface area (Å²) in [7, 11) is 0. The third-order valence-corrected chi connectivity index (χ3v) is 1.80. The summed E-state index contributed by atoms with van der Waals surface area (Å²) in [5, 5.41) is 1.11. The standard InChI is InChI=1S/C11H12O2/c1-8(2)13-10-4-3-9-5-6-12-11(9)7-10/h3-8H,1-2H3. The van der Waals surface area contributed by atoms with E-state index in [-0.39, 0.29) is 6.10 Å². The van der Waals surface area contributed by atoms with Gasteiger partial charge in [-0.05, 0) is 32.0 Å². The predicted molar refractivity (Wildman–Crippen MR) is 52.0 cm³/mol. The molecule has 0 radical (unpaired) electrons. The lowest BCUT2D eigenvalue weighted by Gasteiger charge is -2.08. The van der Waals surface area contributed by atoms with Gasteiger partial charge in [-0.25, -0.2) is 0 Å². The summed E-state index contributed by atoms with van der Waals surface area (Å²) in [4.78, 5) is 0. The van der Waals surface area contributed by atoms with Crippen molar-refractivity contribution in [1.29, 1.82) is 0 Å². The number of hydrogen-bond donors (Lipinski definition) is 0. The van der Waals surface area contributed by atoms with Gasteiger partial charge in [0.05, 0.1) is 12.4 Å². The number of rotatable bonds is 2. The van der Waals surface area contributed by atoms with E-state index in [0.717, 1.165) is 16.7 Å². The van der Waals surface area contributed by atoms with E-state index in [0.29, 0.717) is 0 Å². The first-order chi connectivity index (χ1) is 6.25. The van der Waals surface area contributed by atoms with Gasteiger partial charge in [0, 0.05) is 11.5 Å². The number of hydrogen-bond acceptors (Lipinski definition) is 2. The Morgan fingerprint density at radius 1 is 1.23 bits per heavy atom. The molecule has 2 heteroatoms. The minimum atomic E-state index is 0.201. The molecule has 1 heterocycles. The Labute approximate surface area is 77.1 Å². The lowest BCUT2D eigenvalue weighted by atomic mass is 10.2. The monoisotopic (exact) mass is 176 g/mol. The summed E-state index contributed by atoms with van der Waals surface area (Å²) < 4.78 is 10.8. The van der Waals surface area contributed by atoms with Gasteiger partial charge in [0.25, 0.3) is 0 Å². The average molecular weight is 176 g/mol. The van der Waals surface area contributed by atoms with Crippen LogP contribution < -0.4 is 4.74 Å². The van der Waals surface area contributed by atoms with Crippen molar-refractivity contribution in [3.63, 3.8) is 0 Å². The highest BCUT2D eigenvalue weighted by molar-refractivity contribution is 5.78. The molecule has 0 N–H and O–H groups in total. The first-order valence-corrected chi connectivity index (χ1v) is 4.39. The number of furan rings is 1. The van der Waals surface area contributed by atoms with E-state index in [1.165, 1.54) is 0 Å². The van der Waals surface area contributed by atoms with Crippen LogP contribution in [0.4, 0.5) is 0 Å². The number of fused-ring (bicyclic) bond motifs is 1. The van der Waals surface area contributed by atoms with Crippen molar-refractivity contribution < 1.29 is 9.15 Å². The lowest BCUT2D eigenvalue weighted by Crippen LogP contribution is -2.04. The zero-order valence-corrected chi connectivity index (χ0v) is 7.78. The summed E-state index contributed by atoms with van der Waals surface area (Å²) in [6, 6.07) is 7.80. The molecule has 13 heavy (non-hydrogen) atoms. The molecule has 2 aromatic rings. The van der Waals surface area contributed by atoms with E-state index in [2.05, 4.69) is 0 Å². The lowest BCUT2D eigenvalue weighted by molar-refractivity contribution is 0.242. The highest BCUT2D eigenvalue weighted by atomic mass is 16.5. The molecule has 1 aromatic heterocycles. The van der Waals surface area contributed by atoms with Gasteiger partial charge in [0.15, 0.2) is 0 Å². The third-order valence-electron chi connectivity index (χ3n) is 1.80. The van der Waals surface area contributed by atoms with E-state index < -0.39 is 0 Å². The van der Waals surface area contributed by atoms with Gasteiger partial charge >= 0.3 is 0 Å². The van der Waals surface area contributed by atoms with Crippen molar-refractivity contribution in [3.05, 3.63) is 30.5 Å². The summed E-state index contributed by atoms with van der Waals surface area (Å²) >= 11 is 0. The Bertz CT molecular complexity index is 401. The topological polar surface area (TPSA) is 22.4 Å². The molecule has 0 saturated heterocycles. The zero-order chi connectivity index (χ0) is 9.26. The smallest absolute Gasteiger partial charge is 0.137 e. The summed E-state index contributed by atoms with van der Waals surface area (Å²) in [5.74, 6) is 0.859. The van der Waals surface area contributed by atoms with Crippen molar-refractivity contribution in [2.45, 2.75) is 20.0 Å². The molecular formula is C11H12O2. The largest absolute Gasteiger partial charge is 0.491 e. The van der Waals surface area contributed by atoms with Crippen molar-refractivity contribution in [1.82, 2.24) is 0 Å². The van der Waals surface area contributed by atoms with Gasteiger partial charge in [-0.1, -0.05) is 0 Å². The third kappa shape index (κ3) is 1.66. The molecule has 2 rings (SSSR count). The van der Waals surface area contributed by atoms with Crippen molar-refractivity contribution in [2.75, 3.05) is 0 Å². The van der Waals surface area contributed by atoms with Gasteiger partial charge in [0.1, 0.15) is 11.3 Å². The van der Waals surface area contributed by atoms with Crippen LogP contribution in [0.25, 0.3) is 11.0 Å². The second-order valence-corrected chi connectivity index (χ2v) is 3.29. The highest BCUT2D eigenvalue weighted by Gasteiger charge is 2.00. The van der Waals surface area contributed by atoms with Crippen LogP contribution in [0, 0.1) is 0 Å². The van der Waals surface area contributed by atoms with Gasteiger partial charge < -0.3 is 9.15 Å². The Morgan fingerprint density at radius 2 is 2.08 bits per heavy atom. The molecule has 0 aliphatic heterocycles. The van der Waals surface area contributed by atoms with Crippen LogP contribution in [-0.4, -0.2) is 6.10 Å². The number of ether oxygens (including phenoxy) is 1. The van der Waals surface area contributed by atoms with E-state index in [1.807, 2.05) is 38.1 Å². The quantitative estimate of drug-likeness (QED) is 0.701. The molecule has 2 nitrogen and oxygen atoms in total. The second-order valence-electron chi connectivity index (χ2n) is 3.29. The summed E-state index contributed by atoms with van der Waals surface area (Å²) in [6.07, 6.45) is 1.89.